The van der Waals surface area contributed by atoms with E-state index in [9.17, 15) is 9.90 Å². The molecule has 1 amide bonds. The fourth-order valence-electron chi connectivity index (χ4n) is 4.75. The minimum Gasteiger partial charge on any atom is -0.491 e. The minimum atomic E-state index is -0.584. The van der Waals surface area contributed by atoms with Crippen molar-refractivity contribution in [3.63, 3.8) is 0 Å². The second-order valence-corrected chi connectivity index (χ2v) is 11.1. The van der Waals surface area contributed by atoms with E-state index in [1.54, 1.807) is 11.3 Å². The van der Waals surface area contributed by atoms with Crippen molar-refractivity contribution in [1.29, 1.82) is 0 Å². The van der Waals surface area contributed by atoms with Gasteiger partial charge in [-0.3, -0.25) is 9.69 Å². The number of fused-ring (bicyclic) bond motifs is 1. The monoisotopic (exact) mass is 500 g/mol. The molecule has 1 saturated carbocycles. The van der Waals surface area contributed by atoms with Gasteiger partial charge in [0.2, 0.25) is 5.91 Å². The van der Waals surface area contributed by atoms with Crippen LogP contribution in [0.1, 0.15) is 61.6 Å². The summed E-state index contributed by atoms with van der Waals surface area (Å²) in [6, 6.07) is 10.3. The van der Waals surface area contributed by atoms with Gasteiger partial charge in [-0.2, -0.15) is 0 Å². The Morgan fingerprint density at radius 1 is 1.23 bits per heavy atom. The molecule has 4 rings (SSSR count). The first-order chi connectivity index (χ1) is 16.9. The van der Waals surface area contributed by atoms with Crippen LogP contribution in [0.3, 0.4) is 0 Å². The predicted octanol–water partition coefficient (Wildman–Crippen LogP) is 4.49. The molecule has 1 aromatic carbocycles. The molecule has 1 N–H and O–H groups in total. The molecule has 7 heteroatoms. The third kappa shape index (κ3) is 7.29. The van der Waals surface area contributed by atoms with Crippen molar-refractivity contribution in [3.05, 3.63) is 51.7 Å². The van der Waals surface area contributed by atoms with Crippen LogP contribution in [0.2, 0.25) is 0 Å². The van der Waals surface area contributed by atoms with Gasteiger partial charge in [0, 0.05) is 31.1 Å². The molecular formula is C28H40N2O4S. The fourth-order valence-corrected chi connectivity index (χ4v) is 5.68. The molecule has 0 radical (unpaired) electrons. The number of rotatable bonds is 13. The molecule has 35 heavy (non-hydrogen) atoms. The number of thiophene rings is 1. The van der Waals surface area contributed by atoms with Gasteiger partial charge in [-0.05, 0) is 72.7 Å². The molecule has 1 aliphatic heterocycles. The number of carbonyl (C=O) groups is 1. The SMILES string of the molecule is CCOCC(O)CN(CC(=O)N1CCc2sccc2C1COc1ccc(C(C)C)cc1)CC1CC1. The van der Waals surface area contributed by atoms with E-state index in [0.29, 0.717) is 51.3 Å². The summed E-state index contributed by atoms with van der Waals surface area (Å²) in [6.07, 6.45) is 2.72. The molecule has 2 unspecified atom stereocenters. The Bertz CT molecular complexity index is 941. The van der Waals surface area contributed by atoms with E-state index in [-0.39, 0.29) is 11.9 Å². The molecule has 0 spiro atoms. The number of benzene rings is 1. The van der Waals surface area contributed by atoms with Crippen LogP contribution in [0.4, 0.5) is 0 Å². The number of amides is 1. The van der Waals surface area contributed by atoms with Gasteiger partial charge in [-0.15, -0.1) is 11.3 Å². The second-order valence-electron chi connectivity index (χ2n) is 10.1. The molecule has 2 aliphatic rings. The van der Waals surface area contributed by atoms with Crippen molar-refractivity contribution in [3.8, 4) is 5.75 Å². The molecule has 0 saturated heterocycles. The molecule has 0 bridgehead atoms. The van der Waals surface area contributed by atoms with E-state index in [1.807, 2.05) is 24.0 Å². The van der Waals surface area contributed by atoms with E-state index in [4.69, 9.17) is 9.47 Å². The molecule has 2 atom stereocenters. The van der Waals surface area contributed by atoms with E-state index >= 15 is 0 Å². The largest absolute Gasteiger partial charge is 0.491 e. The molecule has 1 aliphatic carbocycles. The van der Waals surface area contributed by atoms with Crippen LogP contribution in [-0.4, -0.2) is 72.9 Å². The van der Waals surface area contributed by atoms with Gasteiger partial charge in [-0.1, -0.05) is 26.0 Å². The summed E-state index contributed by atoms with van der Waals surface area (Å²) in [4.78, 5) is 19.1. The number of carbonyl (C=O) groups excluding carboxylic acids is 1. The van der Waals surface area contributed by atoms with Crippen LogP contribution in [0.5, 0.6) is 5.75 Å². The van der Waals surface area contributed by atoms with Gasteiger partial charge in [0.1, 0.15) is 12.4 Å². The summed E-state index contributed by atoms with van der Waals surface area (Å²) >= 11 is 1.77. The zero-order chi connectivity index (χ0) is 24.8. The van der Waals surface area contributed by atoms with E-state index in [0.717, 1.165) is 18.7 Å². The van der Waals surface area contributed by atoms with E-state index in [2.05, 4.69) is 42.3 Å². The highest BCUT2D eigenvalue weighted by Crippen LogP contribution is 2.35. The number of aliphatic hydroxyl groups excluding tert-OH is 1. The molecule has 2 aromatic rings. The highest BCUT2D eigenvalue weighted by molar-refractivity contribution is 7.10. The summed E-state index contributed by atoms with van der Waals surface area (Å²) in [5.74, 6) is 2.06. The van der Waals surface area contributed by atoms with Crippen molar-refractivity contribution in [2.45, 2.75) is 58.1 Å². The standard InChI is InChI=1S/C28H40N2O4S/c1-4-33-18-23(31)16-29(15-21-5-6-21)17-28(32)30-13-11-27-25(12-14-35-27)26(30)19-34-24-9-7-22(8-10-24)20(2)3/h7-10,12,14,20-21,23,26,31H,4-6,11,13,15-19H2,1-3H3. The Kier molecular flexibility index (Phi) is 9.22. The quantitative estimate of drug-likeness (QED) is 0.439. The van der Waals surface area contributed by atoms with Crippen LogP contribution in [0.15, 0.2) is 35.7 Å². The average molecular weight is 501 g/mol. The van der Waals surface area contributed by atoms with Crippen LogP contribution in [-0.2, 0) is 16.0 Å². The smallest absolute Gasteiger partial charge is 0.237 e. The van der Waals surface area contributed by atoms with Gasteiger partial charge < -0.3 is 19.5 Å². The van der Waals surface area contributed by atoms with Crippen LogP contribution in [0.25, 0.3) is 0 Å². The van der Waals surface area contributed by atoms with Crippen molar-refractivity contribution in [2.75, 3.05) is 46.0 Å². The van der Waals surface area contributed by atoms with Crippen molar-refractivity contribution >= 4 is 17.2 Å². The highest BCUT2D eigenvalue weighted by atomic mass is 32.1. The molecule has 2 heterocycles. The molecule has 192 valence electrons. The lowest BCUT2D eigenvalue weighted by Crippen LogP contribution is -2.48. The lowest BCUT2D eigenvalue weighted by molar-refractivity contribution is -0.136. The Labute approximate surface area is 213 Å². The number of nitrogens with zero attached hydrogens (tertiary/aromatic N) is 2. The van der Waals surface area contributed by atoms with Crippen LogP contribution in [0, 0.1) is 5.92 Å². The van der Waals surface area contributed by atoms with Crippen molar-refractivity contribution in [1.82, 2.24) is 9.80 Å². The fraction of sp³-hybridized carbons (Fsp3) is 0.607. The topological polar surface area (TPSA) is 62.2 Å². The molecule has 1 fully saturated rings. The number of hydrogen-bond donors (Lipinski definition) is 1. The first-order valence-corrected chi connectivity index (χ1v) is 13.9. The maximum absolute atomic E-state index is 13.6. The second kappa shape index (κ2) is 12.3. The van der Waals surface area contributed by atoms with Gasteiger partial charge in [0.25, 0.3) is 0 Å². The maximum Gasteiger partial charge on any atom is 0.237 e. The summed E-state index contributed by atoms with van der Waals surface area (Å²) in [6.45, 7) is 9.95. The Morgan fingerprint density at radius 2 is 2.00 bits per heavy atom. The summed E-state index contributed by atoms with van der Waals surface area (Å²) < 4.78 is 11.6. The third-order valence-electron chi connectivity index (χ3n) is 6.93. The van der Waals surface area contributed by atoms with Crippen molar-refractivity contribution < 1.29 is 19.4 Å². The first kappa shape index (κ1) is 26.1. The Morgan fingerprint density at radius 3 is 2.69 bits per heavy atom. The maximum atomic E-state index is 13.6. The van der Waals surface area contributed by atoms with Gasteiger partial charge in [-0.25, -0.2) is 0 Å². The van der Waals surface area contributed by atoms with Gasteiger partial charge >= 0.3 is 0 Å². The predicted molar refractivity (Wildman–Crippen MR) is 140 cm³/mol. The van der Waals surface area contributed by atoms with Gasteiger partial charge in [0.05, 0.1) is 25.3 Å². The molecule has 6 nitrogen and oxygen atoms in total. The van der Waals surface area contributed by atoms with E-state index in [1.165, 1.54) is 28.8 Å². The molecule has 1 aromatic heterocycles. The Balaban J connectivity index is 1.43. The zero-order valence-electron chi connectivity index (χ0n) is 21.3. The lowest BCUT2D eigenvalue weighted by atomic mass is 10.00. The zero-order valence-corrected chi connectivity index (χ0v) is 22.1. The van der Waals surface area contributed by atoms with Crippen LogP contribution >= 0.6 is 11.3 Å². The van der Waals surface area contributed by atoms with Gasteiger partial charge in [0.15, 0.2) is 0 Å². The summed E-state index contributed by atoms with van der Waals surface area (Å²) in [5, 5.41) is 12.5. The molecular weight excluding hydrogens is 460 g/mol. The van der Waals surface area contributed by atoms with Crippen LogP contribution < -0.4 is 4.74 Å². The lowest BCUT2D eigenvalue weighted by Gasteiger charge is -2.37. The average Bonchev–Trinajstić information content (AvgIpc) is 3.53. The number of hydrogen-bond acceptors (Lipinski definition) is 6. The Hall–Kier alpha value is -1.93. The third-order valence-corrected chi connectivity index (χ3v) is 7.92. The first-order valence-electron chi connectivity index (χ1n) is 13.0. The van der Waals surface area contributed by atoms with E-state index < -0.39 is 6.10 Å². The summed E-state index contributed by atoms with van der Waals surface area (Å²) in [7, 11) is 0. The normalized spacial score (nSPS) is 18.7. The number of ether oxygens (including phenoxy) is 2. The number of aliphatic hydroxyl groups is 1. The minimum absolute atomic E-state index is 0.0987. The highest BCUT2D eigenvalue weighted by Gasteiger charge is 2.34. The van der Waals surface area contributed by atoms with Crippen molar-refractivity contribution in [2.24, 2.45) is 5.92 Å². The summed E-state index contributed by atoms with van der Waals surface area (Å²) in [5.41, 5.74) is 2.49.